The summed E-state index contributed by atoms with van der Waals surface area (Å²) in [6, 6.07) is 7.38. The minimum Gasteiger partial charge on any atom is -0.494 e. The molecular weight excluding hydrogens is 232 g/mol. The van der Waals surface area contributed by atoms with Crippen molar-refractivity contribution in [3.8, 4) is 11.6 Å². The molecule has 0 amide bonds. The van der Waals surface area contributed by atoms with Gasteiger partial charge >= 0.3 is 0 Å². The number of rotatable bonds is 4. The number of hydrogen-bond donors (Lipinski definition) is 2. The van der Waals surface area contributed by atoms with Gasteiger partial charge in [0.25, 0.3) is 5.56 Å². The van der Waals surface area contributed by atoms with Gasteiger partial charge in [-0.3, -0.25) is 4.79 Å². The van der Waals surface area contributed by atoms with Crippen LogP contribution < -0.4 is 10.3 Å². The van der Waals surface area contributed by atoms with Gasteiger partial charge in [-0.05, 0) is 24.6 Å². The van der Waals surface area contributed by atoms with Crippen molar-refractivity contribution >= 4 is 0 Å². The molecule has 0 atom stereocenters. The molecule has 0 fully saturated rings. The third-order valence-corrected chi connectivity index (χ3v) is 2.54. The number of nitrogens with one attached hydrogen (secondary N) is 1. The standard InChI is InChI=1S/C13H14N2O3/c1-2-18-10-5-3-9(4-6-10)7-11-12(16)14-8-15-13(11)17/h3-6,8H,2,7H2,1H3,(H2,14,15,16,17). The summed E-state index contributed by atoms with van der Waals surface area (Å²) >= 11 is 0. The van der Waals surface area contributed by atoms with Crippen molar-refractivity contribution in [1.29, 1.82) is 0 Å². The molecule has 2 N–H and O–H groups in total. The van der Waals surface area contributed by atoms with Gasteiger partial charge < -0.3 is 14.8 Å². The van der Waals surface area contributed by atoms with Crippen molar-refractivity contribution < 1.29 is 9.84 Å². The minimum absolute atomic E-state index is 0.229. The molecule has 0 radical (unpaired) electrons. The average Bonchev–Trinajstić information content (AvgIpc) is 2.36. The van der Waals surface area contributed by atoms with Gasteiger partial charge in [0.1, 0.15) is 5.75 Å². The van der Waals surface area contributed by atoms with Crippen molar-refractivity contribution in [2.24, 2.45) is 0 Å². The number of aromatic hydroxyl groups is 1. The fraction of sp³-hybridized carbons (Fsp3) is 0.231. The number of aromatic amines is 1. The van der Waals surface area contributed by atoms with Gasteiger partial charge in [-0.15, -0.1) is 0 Å². The SMILES string of the molecule is CCOc1ccc(Cc2c(O)nc[nH]c2=O)cc1. The molecule has 5 heteroatoms. The van der Waals surface area contributed by atoms with Crippen LogP contribution in [0.5, 0.6) is 11.6 Å². The molecule has 1 aromatic heterocycles. The highest BCUT2D eigenvalue weighted by atomic mass is 16.5. The van der Waals surface area contributed by atoms with Crippen LogP contribution >= 0.6 is 0 Å². The fourth-order valence-electron chi connectivity index (χ4n) is 1.65. The van der Waals surface area contributed by atoms with Crippen LogP contribution in [-0.4, -0.2) is 21.7 Å². The van der Waals surface area contributed by atoms with E-state index in [1.54, 1.807) is 0 Å². The van der Waals surface area contributed by atoms with Crippen molar-refractivity contribution in [3.63, 3.8) is 0 Å². The lowest BCUT2D eigenvalue weighted by molar-refractivity contribution is 0.340. The lowest BCUT2D eigenvalue weighted by Gasteiger charge is -2.05. The summed E-state index contributed by atoms with van der Waals surface area (Å²) < 4.78 is 5.33. The fourth-order valence-corrected chi connectivity index (χ4v) is 1.65. The molecule has 0 aliphatic carbocycles. The molecule has 2 aromatic rings. The molecule has 18 heavy (non-hydrogen) atoms. The summed E-state index contributed by atoms with van der Waals surface area (Å²) in [5.74, 6) is 0.554. The Morgan fingerprint density at radius 2 is 2.06 bits per heavy atom. The lowest BCUT2D eigenvalue weighted by atomic mass is 10.1. The summed E-state index contributed by atoms with van der Waals surface area (Å²) in [7, 11) is 0. The van der Waals surface area contributed by atoms with Gasteiger partial charge in [-0.1, -0.05) is 12.1 Å². The highest BCUT2D eigenvalue weighted by Crippen LogP contribution is 2.16. The molecule has 1 aromatic carbocycles. The lowest BCUT2D eigenvalue weighted by Crippen LogP contribution is -2.13. The maximum atomic E-state index is 11.5. The van der Waals surface area contributed by atoms with E-state index in [0.29, 0.717) is 13.0 Å². The summed E-state index contributed by atoms with van der Waals surface area (Å²) in [4.78, 5) is 17.6. The van der Waals surface area contributed by atoms with Gasteiger partial charge in [-0.2, -0.15) is 0 Å². The quantitative estimate of drug-likeness (QED) is 0.856. The largest absolute Gasteiger partial charge is 0.494 e. The van der Waals surface area contributed by atoms with E-state index in [4.69, 9.17) is 4.74 Å². The number of hydrogen-bond acceptors (Lipinski definition) is 4. The topological polar surface area (TPSA) is 75.2 Å². The third kappa shape index (κ3) is 2.68. The summed E-state index contributed by atoms with van der Waals surface area (Å²) in [6.45, 7) is 2.53. The van der Waals surface area contributed by atoms with Gasteiger partial charge in [0, 0.05) is 6.42 Å². The molecule has 0 saturated heterocycles. The second-order valence-electron chi connectivity index (χ2n) is 3.79. The first-order valence-corrected chi connectivity index (χ1v) is 5.68. The molecular formula is C13H14N2O3. The smallest absolute Gasteiger partial charge is 0.258 e. The van der Waals surface area contributed by atoms with Crippen molar-refractivity contribution in [1.82, 2.24) is 9.97 Å². The molecule has 0 aliphatic heterocycles. The second-order valence-corrected chi connectivity index (χ2v) is 3.79. The zero-order valence-electron chi connectivity index (χ0n) is 10.0. The first kappa shape index (κ1) is 12.2. The second kappa shape index (κ2) is 5.35. The van der Waals surface area contributed by atoms with Crippen LogP contribution in [0.3, 0.4) is 0 Å². The number of nitrogens with zero attached hydrogens (tertiary/aromatic N) is 1. The van der Waals surface area contributed by atoms with Crippen LogP contribution in [0.15, 0.2) is 35.4 Å². The highest BCUT2D eigenvalue weighted by molar-refractivity contribution is 5.33. The first-order valence-electron chi connectivity index (χ1n) is 5.68. The van der Waals surface area contributed by atoms with Crippen LogP contribution in [-0.2, 0) is 6.42 Å². The van der Waals surface area contributed by atoms with Crippen LogP contribution in [0, 0.1) is 0 Å². The molecule has 0 saturated carbocycles. The minimum atomic E-state index is -0.323. The van der Waals surface area contributed by atoms with Crippen LogP contribution in [0.4, 0.5) is 0 Å². The number of benzene rings is 1. The van der Waals surface area contributed by atoms with E-state index < -0.39 is 0 Å². The van der Waals surface area contributed by atoms with Crippen LogP contribution in [0.25, 0.3) is 0 Å². The molecule has 1 heterocycles. The maximum absolute atomic E-state index is 11.5. The van der Waals surface area contributed by atoms with E-state index in [1.807, 2.05) is 31.2 Å². The zero-order valence-corrected chi connectivity index (χ0v) is 10.0. The van der Waals surface area contributed by atoms with E-state index in [1.165, 1.54) is 6.33 Å². The van der Waals surface area contributed by atoms with Crippen LogP contribution in [0.2, 0.25) is 0 Å². The van der Waals surface area contributed by atoms with E-state index in [-0.39, 0.29) is 17.0 Å². The Morgan fingerprint density at radius 3 is 2.67 bits per heavy atom. The normalized spacial score (nSPS) is 10.3. The number of aromatic nitrogens is 2. The van der Waals surface area contributed by atoms with Gasteiger partial charge in [0.15, 0.2) is 0 Å². The van der Waals surface area contributed by atoms with Gasteiger partial charge in [0.05, 0.1) is 18.5 Å². The Hall–Kier alpha value is -2.30. The average molecular weight is 246 g/mol. The van der Waals surface area contributed by atoms with Crippen molar-refractivity contribution in [2.75, 3.05) is 6.61 Å². The summed E-state index contributed by atoms with van der Waals surface area (Å²) in [5.41, 5.74) is 0.852. The predicted molar refractivity (Wildman–Crippen MR) is 66.9 cm³/mol. The molecule has 0 spiro atoms. The molecule has 0 bridgehead atoms. The summed E-state index contributed by atoms with van der Waals surface area (Å²) in [5, 5.41) is 9.54. The molecule has 5 nitrogen and oxygen atoms in total. The predicted octanol–water partition coefficient (Wildman–Crippen LogP) is 1.46. The zero-order chi connectivity index (χ0) is 13.0. The maximum Gasteiger partial charge on any atom is 0.258 e. The Bertz CT molecular complexity index is 576. The number of ether oxygens (including phenoxy) is 1. The molecule has 2 rings (SSSR count). The van der Waals surface area contributed by atoms with Crippen LogP contribution in [0.1, 0.15) is 18.1 Å². The van der Waals surface area contributed by atoms with E-state index in [2.05, 4.69) is 9.97 Å². The van der Waals surface area contributed by atoms with Crippen molar-refractivity contribution in [2.45, 2.75) is 13.3 Å². The molecule has 0 aliphatic rings. The summed E-state index contributed by atoms with van der Waals surface area (Å²) in [6.07, 6.45) is 1.51. The molecule has 0 unspecified atom stereocenters. The van der Waals surface area contributed by atoms with Gasteiger partial charge in [-0.25, -0.2) is 4.98 Å². The van der Waals surface area contributed by atoms with E-state index in [0.717, 1.165) is 11.3 Å². The van der Waals surface area contributed by atoms with E-state index >= 15 is 0 Å². The molecule has 94 valence electrons. The third-order valence-electron chi connectivity index (χ3n) is 2.54. The Morgan fingerprint density at radius 1 is 1.33 bits per heavy atom. The highest BCUT2D eigenvalue weighted by Gasteiger charge is 2.08. The Kier molecular flexibility index (Phi) is 3.62. The van der Waals surface area contributed by atoms with E-state index in [9.17, 15) is 9.90 Å². The monoisotopic (exact) mass is 246 g/mol. The first-order chi connectivity index (χ1) is 8.70. The Labute approximate surface area is 104 Å². The van der Waals surface area contributed by atoms with Gasteiger partial charge in [0.2, 0.25) is 5.88 Å². The number of H-pyrrole nitrogens is 1. The Balaban J connectivity index is 2.21. The van der Waals surface area contributed by atoms with Crippen molar-refractivity contribution in [3.05, 3.63) is 52.1 Å².